The van der Waals surface area contributed by atoms with Gasteiger partial charge in [-0.1, -0.05) is 18.1 Å². The predicted octanol–water partition coefficient (Wildman–Crippen LogP) is 3.61. The van der Waals surface area contributed by atoms with Gasteiger partial charge in [0.1, 0.15) is 0 Å². The Bertz CT molecular complexity index is 1030. The summed E-state index contributed by atoms with van der Waals surface area (Å²) in [5, 5.41) is 10.1. The Labute approximate surface area is 156 Å². The highest BCUT2D eigenvalue weighted by Crippen LogP contribution is 2.31. The molecule has 2 aromatic heterocycles. The average molecular weight is 442 g/mol. The van der Waals surface area contributed by atoms with Gasteiger partial charge < -0.3 is 4.42 Å². The maximum absolute atomic E-state index is 12.3. The Kier molecular flexibility index (Phi) is 5.02. The number of halogens is 1. The summed E-state index contributed by atoms with van der Waals surface area (Å²) in [7, 11) is -3.39. The van der Waals surface area contributed by atoms with Crippen LogP contribution in [-0.4, -0.2) is 30.3 Å². The maximum atomic E-state index is 12.3. The van der Waals surface area contributed by atoms with Crippen LogP contribution in [-0.2, 0) is 9.84 Å². The van der Waals surface area contributed by atoms with E-state index in [0.717, 1.165) is 8.66 Å². The topological polar surface area (TPSA) is 102 Å². The summed E-state index contributed by atoms with van der Waals surface area (Å²) >= 11 is 4.76. The number of benzene rings is 1. The number of anilines is 1. The molecule has 3 aromatic rings. The smallest absolute Gasteiger partial charge is 0.322 e. The molecule has 0 unspecified atom stereocenters. The van der Waals surface area contributed by atoms with Crippen molar-refractivity contribution in [1.29, 1.82) is 0 Å². The Balaban J connectivity index is 1.79. The Morgan fingerprint density at radius 3 is 2.76 bits per heavy atom. The highest BCUT2D eigenvalue weighted by atomic mass is 79.9. The molecule has 1 amide bonds. The van der Waals surface area contributed by atoms with Gasteiger partial charge in [-0.15, -0.1) is 16.4 Å². The minimum absolute atomic E-state index is 0.0402. The van der Waals surface area contributed by atoms with E-state index in [4.69, 9.17) is 4.42 Å². The molecule has 130 valence electrons. The lowest BCUT2D eigenvalue weighted by atomic mass is 10.2. The number of carbonyl (C=O) groups excluding carboxylic acids is 1. The zero-order valence-electron chi connectivity index (χ0n) is 12.9. The van der Waals surface area contributed by atoms with E-state index in [-0.39, 0.29) is 28.1 Å². The lowest BCUT2D eigenvalue weighted by molar-refractivity contribution is 0.102. The molecule has 0 aliphatic rings. The summed E-state index contributed by atoms with van der Waals surface area (Å²) in [6.45, 7) is 1.55. The second-order valence-corrected chi connectivity index (χ2v) is 9.64. The molecule has 0 radical (unpaired) electrons. The first-order valence-corrected chi connectivity index (χ1v) is 10.4. The third-order valence-electron chi connectivity index (χ3n) is 3.26. The lowest BCUT2D eigenvalue weighted by Crippen LogP contribution is -2.13. The quantitative estimate of drug-likeness (QED) is 0.648. The van der Waals surface area contributed by atoms with Crippen molar-refractivity contribution in [2.45, 2.75) is 11.8 Å². The summed E-state index contributed by atoms with van der Waals surface area (Å²) in [6.07, 6.45) is 0. The minimum Gasteiger partial charge on any atom is -0.402 e. The van der Waals surface area contributed by atoms with Gasteiger partial charge in [0.2, 0.25) is 0 Å². The van der Waals surface area contributed by atoms with Crippen molar-refractivity contribution in [3.63, 3.8) is 0 Å². The van der Waals surface area contributed by atoms with Gasteiger partial charge in [0.15, 0.2) is 9.84 Å². The number of hydrogen-bond donors (Lipinski definition) is 1. The number of rotatable bonds is 5. The van der Waals surface area contributed by atoms with Crippen molar-refractivity contribution in [3.8, 4) is 10.8 Å². The molecule has 0 saturated carbocycles. The van der Waals surface area contributed by atoms with Crippen LogP contribution in [0.1, 0.15) is 17.3 Å². The van der Waals surface area contributed by atoms with E-state index in [9.17, 15) is 13.2 Å². The molecule has 0 aliphatic carbocycles. The number of hydrogen-bond acceptors (Lipinski definition) is 7. The van der Waals surface area contributed by atoms with E-state index in [1.807, 2.05) is 12.1 Å². The number of sulfone groups is 1. The molecule has 0 saturated heterocycles. The molecule has 2 heterocycles. The summed E-state index contributed by atoms with van der Waals surface area (Å²) < 4.78 is 30.2. The summed E-state index contributed by atoms with van der Waals surface area (Å²) in [5.41, 5.74) is 0.188. The molecule has 25 heavy (non-hydrogen) atoms. The van der Waals surface area contributed by atoms with Crippen molar-refractivity contribution in [1.82, 2.24) is 10.2 Å². The molecule has 10 heteroatoms. The average Bonchev–Trinajstić information content (AvgIpc) is 3.24. The van der Waals surface area contributed by atoms with Crippen LogP contribution in [0.2, 0.25) is 0 Å². The molecule has 0 spiro atoms. The maximum Gasteiger partial charge on any atom is 0.322 e. The fraction of sp³-hybridized carbons (Fsp3) is 0.133. The molecule has 3 rings (SSSR count). The van der Waals surface area contributed by atoms with E-state index in [2.05, 4.69) is 31.4 Å². The van der Waals surface area contributed by atoms with Crippen LogP contribution < -0.4 is 5.32 Å². The number of amides is 1. The highest BCUT2D eigenvalue weighted by Gasteiger charge is 2.17. The molecule has 0 bridgehead atoms. The zero-order chi connectivity index (χ0) is 18.0. The molecule has 0 aliphatic heterocycles. The van der Waals surface area contributed by atoms with E-state index in [1.165, 1.54) is 35.6 Å². The molecular weight excluding hydrogens is 430 g/mol. The van der Waals surface area contributed by atoms with Crippen molar-refractivity contribution < 1.29 is 17.6 Å². The first-order valence-electron chi connectivity index (χ1n) is 7.12. The number of aromatic nitrogens is 2. The second-order valence-electron chi connectivity index (χ2n) is 4.90. The van der Waals surface area contributed by atoms with Gasteiger partial charge in [-0.25, -0.2) is 8.42 Å². The van der Waals surface area contributed by atoms with E-state index >= 15 is 0 Å². The molecule has 7 nitrogen and oxygen atoms in total. The first-order chi connectivity index (χ1) is 11.9. The number of thiophene rings is 1. The monoisotopic (exact) mass is 441 g/mol. The largest absolute Gasteiger partial charge is 0.402 e. The third-order valence-corrected chi connectivity index (χ3v) is 6.61. The Morgan fingerprint density at radius 2 is 2.08 bits per heavy atom. The van der Waals surface area contributed by atoms with E-state index in [0.29, 0.717) is 0 Å². The van der Waals surface area contributed by atoms with E-state index < -0.39 is 15.7 Å². The van der Waals surface area contributed by atoms with Crippen molar-refractivity contribution in [2.75, 3.05) is 11.1 Å². The van der Waals surface area contributed by atoms with Crippen LogP contribution in [0.15, 0.2) is 49.5 Å². The van der Waals surface area contributed by atoms with E-state index in [1.54, 1.807) is 6.92 Å². The summed E-state index contributed by atoms with van der Waals surface area (Å²) in [6, 6.07) is 9.40. The molecular formula is C15H12BrN3O4S2. The minimum atomic E-state index is -3.39. The second kappa shape index (κ2) is 7.06. The van der Waals surface area contributed by atoms with Crippen LogP contribution in [0.5, 0.6) is 0 Å². The van der Waals surface area contributed by atoms with Gasteiger partial charge >= 0.3 is 6.01 Å². The summed E-state index contributed by atoms with van der Waals surface area (Å²) in [4.78, 5) is 13.1. The highest BCUT2D eigenvalue weighted by molar-refractivity contribution is 9.11. The normalized spacial score (nSPS) is 11.4. The van der Waals surface area contributed by atoms with Gasteiger partial charge in [0.25, 0.3) is 11.8 Å². The van der Waals surface area contributed by atoms with Crippen LogP contribution in [0.4, 0.5) is 6.01 Å². The van der Waals surface area contributed by atoms with Crippen molar-refractivity contribution >= 4 is 49.0 Å². The molecule has 0 fully saturated rings. The van der Waals surface area contributed by atoms with Gasteiger partial charge in [-0.3, -0.25) is 10.1 Å². The SMILES string of the molecule is CCS(=O)(=O)c1cccc(C(=O)Nc2nnc(-c3ccc(Br)s3)o2)c1. The van der Waals surface area contributed by atoms with Gasteiger partial charge in [-0.2, -0.15) is 0 Å². The number of nitrogens with zero attached hydrogens (tertiary/aromatic N) is 2. The van der Waals surface area contributed by atoms with Crippen molar-refractivity contribution in [2.24, 2.45) is 0 Å². The van der Waals surface area contributed by atoms with Crippen LogP contribution >= 0.6 is 27.3 Å². The van der Waals surface area contributed by atoms with Gasteiger partial charge in [0.05, 0.1) is 19.3 Å². The van der Waals surface area contributed by atoms with Crippen molar-refractivity contribution in [3.05, 3.63) is 45.7 Å². The van der Waals surface area contributed by atoms with Crippen LogP contribution in [0, 0.1) is 0 Å². The Morgan fingerprint density at radius 1 is 1.28 bits per heavy atom. The molecule has 0 atom stereocenters. The van der Waals surface area contributed by atoms with Crippen LogP contribution in [0.3, 0.4) is 0 Å². The summed E-state index contributed by atoms with van der Waals surface area (Å²) in [5.74, 6) is -0.286. The first kappa shape index (κ1) is 17.8. The number of carbonyl (C=O) groups is 1. The lowest BCUT2D eigenvalue weighted by Gasteiger charge is -2.04. The Hall–Kier alpha value is -2.04. The standard InChI is InChI=1S/C15H12BrN3O4S2/c1-2-25(21,22)10-5-3-4-9(8-10)13(20)17-15-19-18-14(23-15)11-6-7-12(16)24-11/h3-8H,2H2,1H3,(H,17,19,20). The predicted molar refractivity (Wildman–Crippen MR) is 97.4 cm³/mol. The number of nitrogens with one attached hydrogen (secondary N) is 1. The van der Waals surface area contributed by atoms with Gasteiger partial charge in [-0.05, 0) is 46.3 Å². The molecule has 1 aromatic carbocycles. The fourth-order valence-corrected chi connectivity index (χ4v) is 4.20. The zero-order valence-corrected chi connectivity index (χ0v) is 16.1. The molecule has 1 N–H and O–H groups in total. The van der Waals surface area contributed by atoms with Crippen LogP contribution in [0.25, 0.3) is 10.8 Å². The fourth-order valence-electron chi connectivity index (χ4n) is 1.97. The van der Waals surface area contributed by atoms with Gasteiger partial charge in [0, 0.05) is 5.56 Å². The third kappa shape index (κ3) is 3.97.